The van der Waals surface area contributed by atoms with E-state index in [1.54, 1.807) is 0 Å². The highest BCUT2D eigenvalue weighted by Gasteiger charge is 2.12. The number of pyridine rings is 1. The smallest absolute Gasteiger partial charge is 0.335 e. The van der Waals surface area contributed by atoms with Crippen molar-refractivity contribution in [2.75, 3.05) is 19.8 Å². The van der Waals surface area contributed by atoms with Gasteiger partial charge in [-0.05, 0) is 37.6 Å². The fourth-order valence-electron chi connectivity index (χ4n) is 2.25. The largest absolute Gasteiger partial charge is 0.491 e. The highest BCUT2D eigenvalue weighted by Crippen LogP contribution is 2.20. The number of nitrogens with zero attached hydrogens (tertiary/aromatic N) is 1. The summed E-state index contributed by atoms with van der Waals surface area (Å²) in [5.74, 6) is -0.879. The molecular weight excluding hydrogens is 336 g/mol. The van der Waals surface area contributed by atoms with Gasteiger partial charge in [0.25, 0.3) is 5.91 Å². The van der Waals surface area contributed by atoms with E-state index in [0.717, 1.165) is 11.1 Å². The molecule has 2 rings (SSSR count). The van der Waals surface area contributed by atoms with Crippen LogP contribution >= 0.6 is 0 Å². The molecule has 1 aromatic carbocycles. The van der Waals surface area contributed by atoms with Gasteiger partial charge in [-0.3, -0.25) is 9.78 Å². The third kappa shape index (κ3) is 5.56. The van der Waals surface area contributed by atoms with Crippen LogP contribution in [0.15, 0.2) is 36.5 Å². The lowest BCUT2D eigenvalue weighted by Crippen LogP contribution is -2.24. The average Bonchev–Trinajstić information content (AvgIpc) is 2.64. The molecule has 1 heterocycles. The van der Waals surface area contributed by atoms with Gasteiger partial charge in [-0.25, -0.2) is 4.79 Å². The number of nitrogens with one attached hydrogen (secondary N) is 1. The zero-order valence-electron chi connectivity index (χ0n) is 14.8. The molecule has 7 nitrogen and oxygen atoms in total. The molecule has 7 heteroatoms. The van der Waals surface area contributed by atoms with Gasteiger partial charge >= 0.3 is 5.97 Å². The van der Waals surface area contributed by atoms with Crippen LogP contribution in [0, 0.1) is 6.92 Å². The Bertz CT molecular complexity index is 776. The number of hydrogen-bond acceptors (Lipinski definition) is 5. The normalized spacial score (nSPS) is 10.4. The molecule has 26 heavy (non-hydrogen) atoms. The fourth-order valence-corrected chi connectivity index (χ4v) is 2.25. The maximum atomic E-state index is 12.2. The quantitative estimate of drug-likeness (QED) is 0.668. The Morgan fingerprint density at radius 1 is 1.19 bits per heavy atom. The van der Waals surface area contributed by atoms with E-state index in [4.69, 9.17) is 14.6 Å². The molecule has 0 aliphatic rings. The van der Waals surface area contributed by atoms with Crippen molar-refractivity contribution in [1.82, 2.24) is 10.3 Å². The molecule has 0 saturated carbocycles. The number of aromatic carboxylic acids is 1. The minimum atomic E-state index is -1.11. The summed E-state index contributed by atoms with van der Waals surface area (Å²) in [5.41, 5.74) is 1.92. The Labute approximate surface area is 152 Å². The van der Waals surface area contributed by atoms with Gasteiger partial charge in [-0.2, -0.15) is 0 Å². The third-order valence-corrected chi connectivity index (χ3v) is 3.59. The van der Waals surface area contributed by atoms with Crippen molar-refractivity contribution in [3.05, 3.63) is 58.9 Å². The van der Waals surface area contributed by atoms with Gasteiger partial charge in [-0.15, -0.1) is 0 Å². The lowest BCUT2D eigenvalue weighted by Gasteiger charge is -2.13. The molecule has 0 bridgehead atoms. The first-order valence-corrected chi connectivity index (χ1v) is 8.29. The number of aryl methyl sites for hydroxylation is 1. The van der Waals surface area contributed by atoms with Crippen molar-refractivity contribution in [2.45, 2.75) is 20.4 Å². The second-order valence-electron chi connectivity index (χ2n) is 5.57. The van der Waals surface area contributed by atoms with Crippen LogP contribution in [0.3, 0.4) is 0 Å². The maximum absolute atomic E-state index is 12.2. The molecule has 0 unspecified atom stereocenters. The van der Waals surface area contributed by atoms with E-state index < -0.39 is 11.9 Å². The predicted octanol–water partition coefficient (Wildman–Crippen LogP) is 2.43. The zero-order valence-corrected chi connectivity index (χ0v) is 14.8. The number of carboxylic acid groups (broad SMARTS) is 1. The van der Waals surface area contributed by atoms with Crippen molar-refractivity contribution in [3.8, 4) is 5.75 Å². The number of carbonyl (C=O) groups excluding carboxylic acids is 1. The molecule has 0 fully saturated rings. The van der Waals surface area contributed by atoms with Crippen LogP contribution in [-0.4, -0.2) is 41.8 Å². The second kappa shape index (κ2) is 9.53. The van der Waals surface area contributed by atoms with Crippen LogP contribution in [0.1, 0.15) is 38.9 Å². The zero-order chi connectivity index (χ0) is 18.9. The van der Waals surface area contributed by atoms with E-state index in [0.29, 0.717) is 25.6 Å². The Hall–Kier alpha value is -2.93. The van der Waals surface area contributed by atoms with E-state index in [-0.39, 0.29) is 17.8 Å². The van der Waals surface area contributed by atoms with E-state index in [1.807, 2.05) is 32.0 Å². The minimum absolute atomic E-state index is 0.0143. The van der Waals surface area contributed by atoms with Crippen LogP contribution in [0.4, 0.5) is 0 Å². The number of aromatic nitrogens is 1. The molecule has 0 radical (unpaired) electrons. The van der Waals surface area contributed by atoms with Gasteiger partial charge in [0.05, 0.1) is 12.2 Å². The van der Waals surface area contributed by atoms with Gasteiger partial charge in [0.15, 0.2) is 0 Å². The summed E-state index contributed by atoms with van der Waals surface area (Å²) in [7, 11) is 0. The molecule has 1 amide bonds. The Morgan fingerprint density at radius 2 is 2.00 bits per heavy atom. The summed E-state index contributed by atoms with van der Waals surface area (Å²) >= 11 is 0. The summed E-state index contributed by atoms with van der Waals surface area (Å²) in [6, 6.07) is 8.29. The van der Waals surface area contributed by atoms with E-state index in [1.165, 1.54) is 18.3 Å². The Morgan fingerprint density at radius 3 is 2.73 bits per heavy atom. The molecule has 0 aliphatic carbocycles. The van der Waals surface area contributed by atoms with Crippen molar-refractivity contribution in [3.63, 3.8) is 0 Å². The van der Waals surface area contributed by atoms with Gasteiger partial charge in [-0.1, -0.05) is 12.1 Å². The van der Waals surface area contributed by atoms with Crippen molar-refractivity contribution in [1.29, 1.82) is 0 Å². The average molecular weight is 358 g/mol. The van der Waals surface area contributed by atoms with Gasteiger partial charge in [0.1, 0.15) is 18.1 Å². The Balaban J connectivity index is 2.03. The Kier molecular flexibility index (Phi) is 7.11. The molecule has 1 aromatic heterocycles. The number of ether oxygens (including phenoxy) is 2. The first kappa shape index (κ1) is 19.4. The maximum Gasteiger partial charge on any atom is 0.335 e. The SMILES string of the molecule is CCOCCOc1cc(C)ccc1CNC(=O)c1cc(C(=O)O)ccn1. The summed E-state index contributed by atoms with van der Waals surface area (Å²) < 4.78 is 11.0. The highest BCUT2D eigenvalue weighted by atomic mass is 16.5. The van der Waals surface area contributed by atoms with Crippen molar-refractivity contribution in [2.24, 2.45) is 0 Å². The monoisotopic (exact) mass is 358 g/mol. The van der Waals surface area contributed by atoms with Gasteiger partial charge in [0, 0.05) is 24.9 Å². The van der Waals surface area contributed by atoms with E-state index in [9.17, 15) is 9.59 Å². The summed E-state index contributed by atoms with van der Waals surface area (Å²) in [4.78, 5) is 27.2. The molecule has 0 atom stereocenters. The first-order valence-electron chi connectivity index (χ1n) is 8.29. The molecule has 2 N–H and O–H groups in total. The fraction of sp³-hybridized carbons (Fsp3) is 0.316. The number of carboxylic acids is 1. The van der Waals surface area contributed by atoms with Crippen molar-refractivity contribution >= 4 is 11.9 Å². The van der Waals surface area contributed by atoms with Crippen LogP contribution in [0.2, 0.25) is 0 Å². The highest BCUT2D eigenvalue weighted by molar-refractivity contribution is 5.95. The lowest BCUT2D eigenvalue weighted by molar-refractivity contribution is 0.0696. The molecule has 0 spiro atoms. The number of benzene rings is 1. The molecular formula is C19H22N2O5. The topological polar surface area (TPSA) is 97.8 Å². The minimum Gasteiger partial charge on any atom is -0.491 e. The first-order chi connectivity index (χ1) is 12.5. The number of rotatable bonds is 9. The van der Waals surface area contributed by atoms with E-state index in [2.05, 4.69) is 10.3 Å². The van der Waals surface area contributed by atoms with Crippen LogP contribution in [-0.2, 0) is 11.3 Å². The molecule has 0 aliphatic heterocycles. The van der Waals surface area contributed by atoms with Crippen LogP contribution in [0.25, 0.3) is 0 Å². The van der Waals surface area contributed by atoms with Gasteiger partial charge in [0.2, 0.25) is 0 Å². The number of hydrogen-bond donors (Lipinski definition) is 2. The third-order valence-electron chi connectivity index (χ3n) is 3.59. The van der Waals surface area contributed by atoms with Gasteiger partial charge < -0.3 is 19.9 Å². The standard InChI is InChI=1S/C19H22N2O5/c1-3-25-8-9-26-17-10-13(2)4-5-15(17)12-21-18(22)16-11-14(19(23)24)6-7-20-16/h4-7,10-11H,3,8-9,12H2,1-2H3,(H,21,22)(H,23,24). The number of amides is 1. The molecule has 138 valence electrons. The van der Waals surface area contributed by atoms with Crippen molar-refractivity contribution < 1.29 is 24.2 Å². The van der Waals surface area contributed by atoms with Crippen LogP contribution < -0.4 is 10.1 Å². The van der Waals surface area contributed by atoms with E-state index >= 15 is 0 Å². The number of carbonyl (C=O) groups is 2. The predicted molar refractivity (Wildman–Crippen MR) is 95.5 cm³/mol. The molecule has 0 saturated heterocycles. The van der Waals surface area contributed by atoms with Crippen LogP contribution in [0.5, 0.6) is 5.75 Å². The summed E-state index contributed by atoms with van der Waals surface area (Å²) in [6.45, 7) is 5.65. The second-order valence-corrected chi connectivity index (χ2v) is 5.57. The summed E-state index contributed by atoms with van der Waals surface area (Å²) in [6.07, 6.45) is 1.30. The summed E-state index contributed by atoms with van der Waals surface area (Å²) in [5, 5.41) is 11.7. The molecule has 2 aromatic rings. The lowest BCUT2D eigenvalue weighted by atomic mass is 10.1.